The molecule has 1 aromatic rings. The zero-order valence-corrected chi connectivity index (χ0v) is 7.93. The zero-order chi connectivity index (χ0) is 9.80. The standard InChI is InChI=1S/C11H13N3/c12-7-6-10-8-13-14-11(10)9-4-2-1-3-5-9/h1-5,8,11H,6-7,12H2/t11-/m0/s1. The Kier molecular flexibility index (Phi) is 2.70. The van der Waals surface area contributed by atoms with Gasteiger partial charge in [-0.1, -0.05) is 30.3 Å². The highest BCUT2D eigenvalue weighted by Crippen LogP contribution is 2.31. The van der Waals surface area contributed by atoms with E-state index in [4.69, 9.17) is 5.73 Å². The maximum Gasteiger partial charge on any atom is 0.119 e. The maximum atomic E-state index is 5.52. The van der Waals surface area contributed by atoms with Crippen molar-refractivity contribution in [1.82, 2.24) is 0 Å². The highest BCUT2D eigenvalue weighted by atomic mass is 15.1. The van der Waals surface area contributed by atoms with Crippen molar-refractivity contribution >= 4 is 0 Å². The minimum atomic E-state index is 0.0970. The van der Waals surface area contributed by atoms with Gasteiger partial charge in [-0.15, -0.1) is 0 Å². The Balaban J connectivity index is 2.20. The van der Waals surface area contributed by atoms with Gasteiger partial charge in [-0.3, -0.25) is 0 Å². The summed E-state index contributed by atoms with van der Waals surface area (Å²) in [5.74, 6) is 0. The van der Waals surface area contributed by atoms with E-state index < -0.39 is 0 Å². The molecule has 2 rings (SSSR count). The van der Waals surface area contributed by atoms with E-state index in [1.165, 1.54) is 11.1 Å². The zero-order valence-electron chi connectivity index (χ0n) is 7.93. The topological polar surface area (TPSA) is 50.7 Å². The Morgan fingerprint density at radius 1 is 1.21 bits per heavy atom. The Morgan fingerprint density at radius 3 is 2.71 bits per heavy atom. The Morgan fingerprint density at radius 2 is 2.00 bits per heavy atom. The molecule has 0 amide bonds. The van der Waals surface area contributed by atoms with Crippen LogP contribution in [0.1, 0.15) is 18.0 Å². The van der Waals surface area contributed by atoms with Gasteiger partial charge in [-0.2, -0.15) is 10.2 Å². The van der Waals surface area contributed by atoms with Crippen molar-refractivity contribution in [2.45, 2.75) is 12.5 Å². The molecule has 1 aliphatic heterocycles. The summed E-state index contributed by atoms with van der Waals surface area (Å²) in [5.41, 5.74) is 7.92. The summed E-state index contributed by atoms with van der Waals surface area (Å²) in [6.45, 7) is 0.653. The first kappa shape index (κ1) is 9.09. The summed E-state index contributed by atoms with van der Waals surface area (Å²) in [7, 11) is 0. The highest BCUT2D eigenvalue weighted by Gasteiger charge is 2.18. The van der Waals surface area contributed by atoms with Gasteiger partial charge < -0.3 is 5.73 Å². The molecule has 0 saturated carbocycles. The third-order valence-corrected chi connectivity index (χ3v) is 2.31. The lowest BCUT2D eigenvalue weighted by atomic mass is 9.99. The van der Waals surface area contributed by atoms with Gasteiger partial charge in [0.15, 0.2) is 0 Å². The molecular formula is C11H13N3. The lowest BCUT2D eigenvalue weighted by Gasteiger charge is -2.10. The fourth-order valence-corrected chi connectivity index (χ4v) is 1.60. The van der Waals surface area contributed by atoms with Crippen LogP contribution in [0.4, 0.5) is 0 Å². The van der Waals surface area contributed by atoms with Crippen molar-refractivity contribution in [1.29, 1.82) is 0 Å². The van der Waals surface area contributed by atoms with Gasteiger partial charge in [0.1, 0.15) is 6.04 Å². The molecule has 0 aromatic heterocycles. The quantitative estimate of drug-likeness (QED) is 0.776. The molecule has 0 fully saturated rings. The maximum absolute atomic E-state index is 5.52. The molecule has 2 N–H and O–H groups in total. The average Bonchev–Trinajstić information content (AvgIpc) is 2.68. The second-order valence-electron chi connectivity index (χ2n) is 3.29. The summed E-state index contributed by atoms with van der Waals surface area (Å²) in [6, 6.07) is 10.3. The number of nitrogens with zero attached hydrogens (tertiary/aromatic N) is 2. The van der Waals surface area contributed by atoms with Gasteiger partial charge in [0.05, 0.1) is 6.20 Å². The predicted molar refractivity (Wildman–Crippen MR) is 55.8 cm³/mol. The van der Waals surface area contributed by atoms with E-state index in [2.05, 4.69) is 22.4 Å². The summed E-state index contributed by atoms with van der Waals surface area (Å²) >= 11 is 0. The van der Waals surface area contributed by atoms with Crippen LogP contribution in [0.25, 0.3) is 0 Å². The Bertz CT molecular complexity index is 354. The van der Waals surface area contributed by atoms with E-state index in [0.29, 0.717) is 6.54 Å². The number of hydrogen-bond donors (Lipinski definition) is 1. The second-order valence-corrected chi connectivity index (χ2v) is 3.29. The summed E-state index contributed by atoms with van der Waals surface area (Å²) in [5, 5.41) is 8.13. The molecule has 0 bridgehead atoms. The fraction of sp³-hybridized carbons (Fsp3) is 0.273. The molecule has 0 aliphatic carbocycles. The van der Waals surface area contributed by atoms with Crippen LogP contribution >= 0.6 is 0 Å². The van der Waals surface area contributed by atoms with Gasteiger partial charge in [-0.05, 0) is 24.1 Å². The average molecular weight is 187 g/mol. The Labute approximate surface area is 83.3 Å². The van der Waals surface area contributed by atoms with Gasteiger partial charge in [0, 0.05) is 0 Å². The van der Waals surface area contributed by atoms with E-state index in [-0.39, 0.29) is 6.04 Å². The molecule has 14 heavy (non-hydrogen) atoms. The molecule has 3 nitrogen and oxygen atoms in total. The largest absolute Gasteiger partial charge is 0.330 e. The Hall–Kier alpha value is -1.48. The fourth-order valence-electron chi connectivity index (χ4n) is 1.60. The van der Waals surface area contributed by atoms with Crippen LogP contribution in [-0.4, -0.2) is 6.54 Å². The first-order valence-corrected chi connectivity index (χ1v) is 4.75. The molecule has 72 valence electrons. The summed E-state index contributed by atoms with van der Waals surface area (Å²) in [6.07, 6.45) is 2.69. The van der Waals surface area contributed by atoms with E-state index in [9.17, 15) is 0 Å². The van der Waals surface area contributed by atoms with E-state index in [0.717, 1.165) is 6.42 Å². The van der Waals surface area contributed by atoms with Crippen molar-refractivity contribution in [3.63, 3.8) is 0 Å². The number of nitrogens with two attached hydrogens (primary N) is 1. The molecule has 0 saturated heterocycles. The van der Waals surface area contributed by atoms with Crippen molar-refractivity contribution in [3.05, 3.63) is 47.7 Å². The molecule has 1 atom stereocenters. The predicted octanol–water partition coefficient (Wildman–Crippen LogP) is 2.43. The number of benzene rings is 1. The number of hydrogen-bond acceptors (Lipinski definition) is 3. The van der Waals surface area contributed by atoms with Crippen LogP contribution in [0, 0.1) is 0 Å². The van der Waals surface area contributed by atoms with Crippen molar-refractivity contribution in [2.24, 2.45) is 16.0 Å². The first-order valence-electron chi connectivity index (χ1n) is 4.75. The first-order chi connectivity index (χ1) is 6.92. The third-order valence-electron chi connectivity index (χ3n) is 2.31. The molecule has 0 radical (unpaired) electrons. The highest BCUT2D eigenvalue weighted by molar-refractivity contribution is 5.29. The van der Waals surface area contributed by atoms with Crippen LogP contribution in [0.2, 0.25) is 0 Å². The smallest absolute Gasteiger partial charge is 0.119 e. The van der Waals surface area contributed by atoms with Crippen molar-refractivity contribution in [3.8, 4) is 0 Å². The van der Waals surface area contributed by atoms with Crippen LogP contribution in [0.5, 0.6) is 0 Å². The van der Waals surface area contributed by atoms with Crippen LogP contribution in [0.3, 0.4) is 0 Å². The molecule has 3 heteroatoms. The van der Waals surface area contributed by atoms with Gasteiger partial charge in [-0.25, -0.2) is 0 Å². The second kappa shape index (κ2) is 4.15. The molecule has 0 unspecified atom stereocenters. The van der Waals surface area contributed by atoms with Crippen molar-refractivity contribution < 1.29 is 0 Å². The number of azo groups is 1. The molecule has 1 aliphatic rings. The normalized spacial score (nSPS) is 19.8. The van der Waals surface area contributed by atoms with Gasteiger partial charge in [0.25, 0.3) is 0 Å². The van der Waals surface area contributed by atoms with Gasteiger partial charge in [0.2, 0.25) is 0 Å². The minimum Gasteiger partial charge on any atom is -0.330 e. The van der Waals surface area contributed by atoms with E-state index >= 15 is 0 Å². The third kappa shape index (κ3) is 1.72. The van der Waals surface area contributed by atoms with E-state index in [1.807, 2.05) is 24.4 Å². The summed E-state index contributed by atoms with van der Waals surface area (Å²) < 4.78 is 0. The lowest BCUT2D eigenvalue weighted by Crippen LogP contribution is -2.04. The van der Waals surface area contributed by atoms with E-state index in [1.54, 1.807) is 0 Å². The molecule has 1 heterocycles. The van der Waals surface area contributed by atoms with Gasteiger partial charge >= 0.3 is 0 Å². The molecular weight excluding hydrogens is 174 g/mol. The van der Waals surface area contributed by atoms with Crippen LogP contribution in [-0.2, 0) is 0 Å². The van der Waals surface area contributed by atoms with Crippen molar-refractivity contribution in [2.75, 3.05) is 6.54 Å². The monoisotopic (exact) mass is 187 g/mol. The summed E-state index contributed by atoms with van der Waals surface area (Å²) in [4.78, 5) is 0. The van der Waals surface area contributed by atoms with Crippen LogP contribution in [0.15, 0.2) is 52.3 Å². The molecule has 1 aromatic carbocycles. The number of rotatable bonds is 3. The SMILES string of the molecule is NCCC1=CN=N[C@H]1c1ccccc1. The minimum absolute atomic E-state index is 0.0970. The molecule has 0 spiro atoms. The van der Waals surface area contributed by atoms with Crippen LogP contribution < -0.4 is 5.73 Å². The lowest BCUT2D eigenvalue weighted by molar-refractivity contribution is 0.778.